The molecule has 0 saturated heterocycles. The topological polar surface area (TPSA) is 62.0 Å². The van der Waals surface area contributed by atoms with E-state index in [-0.39, 0.29) is 17.3 Å². The van der Waals surface area contributed by atoms with Gasteiger partial charge in [-0.3, -0.25) is 9.59 Å². The smallest absolute Gasteiger partial charge is 0.257 e. The molecule has 4 nitrogen and oxygen atoms in total. The summed E-state index contributed by atoms with van der Waals surface area (Å²) in [4.78, 5) is 24.9. The first kappa shape index (κ1) is 11.1. The summed E-state index contributed by atoms with van der Waals surface area (Å²) in [6.45, 7) is 0. The van der Waals surface area contributed by atoms with Crippen LogP contribution in [0.3, 0.4) is 0 Å². The molecule has 0 aliphatic rings. The maximum absolute atomic E-state index is 12.6. The molecule has 2 aromatic rings. The number of rotatable bonds is 2. The van der Waals surface area contributed by atoms with Gasteiger partial charge < -0.3 is 10.3 Å². The fraction of sp³-hybridized carbons (Fsp3) is 0. The zero-order valence-electron chi connectivity index (χ0n) is 8.74. The third-order valence-electron chi connectivity index (χ3n) is 2.15. The monoisotopic (exact) mass is 232 g/mol. The van der Waals surface area contributed by atoms with E-state index in [1.807, 2.05) is 0 Å². The van der Waals surface area contributed by atoms with E-state index in [9.17, 15) is 14.0 Å². The highest BCUT2D eigenvalue weighted by Gasteiger charge is 2.05. The van der Waals surface area contributed by atoms with Crippen molar-refractivity contribution in [2.75, 3.05) is 5.32 Å². The number of aromatic amines is 1. The molecule has 0 bridgehead atoms. The molecule has 0 spiro atoms. The number of hydrogen-bond donors (Lipinski definition) is 2. The molecule has 2 N–H and O–H groups in total. The zero-order valence-corrected chi connectivity index (χ0v) is 8.74. The van der Waals surface area contributed by atoms with E-state index < -0.39 is 0 Å². The minimum Gasteiger partial charge on any atom is -0.328 e. The molecule has 17 heavy (non-hydrogen) atoms. The van der Waals surface area contributed by atoms with Crippen molar-refractivity contribution in [2.45, 2.75) is 0 Å². The van der Waals surface area contributed by atoms with Crippen LogP contribution >= 0.6 is 0 Å². The number of carbonyl (C=O) groups excluding carboxylic acids is 1. The van der Waals surface area contributed by atoms with Gasteiger partial charge in [-0.1, -0.05) is 0 Å². The van der Waals surface area contributed by atoms with Crippen LogP contribution in [-0.4, -0.2) is 10.9 Å². The first-order valence-electron chi connectivity index (χ1n) is 4.91. The summed E-state index contributed by atoms with van der Waals surface area (Å²) < 4.78 is 12.6. The van der Waals surface area contributed by atoms with Crippen LogP contribution in [0.1, 0.15) is 10.4 Å². The predicted molar refractivity (Wildman–Crippen MR) is 61.4 cm³/mol. The molecule has 0 aliphatic heterocycles. The lowest BCUT2D eigenvalue weighted by Crippen LogP contribution is -2.14. The van der Waals surface area contributed by atoms with E-state index in [1.54, 1.807) is 0 Å². The van der Waals surface area contributed by atoms with E-state index in [0.717, 1.165) is 0 Å². The number of pyridine rings is 1. The molecule has 0 saturated carbocycles. The summed E-state index contributed by atoms with van der Waals surface area (Å²) >= 11 is 0. The van der Waals surface area contributed by atoms with Gasteiger partial charge in [0.1, 0.15) is 5.82 Å². The fourth-order valence-corrected chi connectivity index (χ4v) is 1.29. The average Bonchev–Trinajstić information content (AvgIpc) is 2.33. The van der Waals surface area contributed by atoms with Crippen LogP contribution in [0.25, 0.3) is 0 Å². The molecule has 0 radical (unpaired) electrons. The van der Waals surface area contributed by atoms with Gasteiger partial charge in [-0.15, -0.1) is 0 Å². The summed E-state index contributed by atoms with van der Waals surface area (Å²) in [5, 5.41) is 2.58. The third-order valence-corrected chi connectivity index (χ3v) is 2.15. The van der Waals surface area contributed by atoms with Gasteiger partial charge in [0.25, 0.3) is 5.91 Å². The number of nitrogens with one attached hydrogen (secondary N) is 2. The Hall–Kier alpha value is -2.43. The Morgan fingerprint density at radius 3 is 2.41 bits per heavy atom. The lowest BCUT2D eigenvalue weighted by atomic mass is 10.2. The maximum Gasteiger partial charge on any atom is 0.257 e. The Morgan fingerprint density at radius 1 is 1.12 bits per heavy atom. The van der Waals surface area contributed by atoms with Crippen LogP contribution in [0.5, 0.6) is 0 Å². The number of hydrogen-bond acceptors (Lipinski definition) is 2. The van der Waals surface area contributed by atoms with Crippen molar-refractivity contribution in [3.8, 4) is 0 Å². The van der Waals surface area contributed by atoms with Crippen molar-refractivity contribution in [1.82, 2.24) is 4.98 Å². The fourth-order valence-electron chi connectivity index (χ4n) is 1.29. The minimum atomic E-state index is -0.368. The van der Waals surface area contributed by atoms with Gasteiger partial charge in [0.05, 0.1) is 5.56 Å². The van der Waals surface area contributed by atoms with Gasteiger partial charge in [-0.25, -0.2) is 4.39 Å². The average molecular weight is 232 g/mol. The highest BCUT2D eigenvalue weighted by molar-refractivity contribution is 6.03. The van der Waals surface area contributed by atoms with E-state index in [4.69, 9.17) is 0 Å². The second-order valence-electron chi connectivity index (χ2n) is 3.40. The van der Waals surface area contributed by atoms with Crippen molar-refractivity contribution in [3.63, 3.8) is 0 Å². The molecule has 0 aliphatic carbocycles. The Labute approximate surface area is 96.1 Å². The number of amides is 1. The molecule has 1 aromatic heterocycles. The van der Waals surface area contributed by atoms with Gasteiger partial charge in [-0.2, -0.15) is 0 Å². The van der Waals surface area contributed by atoms with Crippen LogP contribution in [0.4, 0.5) is 10.1 Å². The number of H-pyrrole nitrogens is 1. The number of aromatic nitrogens is 1. The standard InChI is InChI=1S/C12H9FN2O2/c13-9-2-4-10(5-3-9)15-12(17)8-1-6-11(16)14-7-8/h1-7H,(H,14,16)(H,15,17). The van der Waals surface area contributed by atoms with E-state index >= 15 is 0 Å². The number of halogens is 1. The van der Waals surface area contributed by atoms with Crippen LogP contribution < -0.4 is 10.9 Å². The molecular formula is C12H9FN2O2. The maximum atomic E-state index is 12.6. The van der Waals surface area contributed by atoms with Gasteiger partial charge in [0.2, 0.25) is 5.56 Å². The molecule has 0 fully saturated rings. The van der Waals surface area contributed by atoms with E-state index in [2.05, 4.69) is 10.3 Å². The van der Waals surface area contributed by atoms with Crippen LogP contribution in [-0.2, 0) is 0 Å². The van der Waals surface area contributed by atoms with Crippen LogP contribution in [0, 0.1) is 5.82 Å². The second kappa shape index (κ2) is 4.61. The van der Waals surface area contributed by atoms with Crippen molar-refractivity contribution in [3.05, 3.63) is 64.3 Å². The van der Waals surface area contributed by atoms with Crippen molar-refractivity contribution >= 4 is 11.6 Å². The normalized spacial score (nSPS) is 9.94. The predicted octanol–water partition coefficient (Wildman–Crippen LogP) is 1.77. The Balaban J connectivity index is 2.14. The molecule has 1 amide bonds. The SMILES string of the molecule is O=C(Nc1ccc(F)cc1)c1ccc(=O)[nH]c1. The number of carbonyl (C=O) groups is 1. The molecule has 0 unspecified atom stereocenters. The van der Waals surface area contributed by atoms with Gasteiger partial charge in [0.15, 0.2) is 0 Å². The van der Waals surface area contributed by atoms with Crippen LogP contribution in [0.2, 0.25) is 0 Å². The number of benzene rings is 1. The zero-order chi connectivity index (χ0) is 12.3. The Morgan fingerprint density at radius 2 is 1.82 bits per heavy atom. The summed E-state index contributed by atoms with van der Waals surface area (Å²) in [7, 11) is 0. The molecular weight excluding hydrogens is 223 g/mol. The third kappa shape index (κ3) is 2.78. The van der Waals surface area contributed by atoms with Crippen molar-refractivity contribution < 1.29 is 9.18 Å². The molecule has 1 aromatic carbocycles. The molecule has 1 heterocycles. The Bertz CT molecular complexity index is 570. The molecule has 5 heteroatoms. The van der Waals surface area contributed by atoms with Crippen molar-refractivity contribution in [2.24, 2.45) is 0 Å². The molecule has 86 valence electrons. The highest BCUT2D eigenvalue weighted by Crippen LogP contribution is 2.09. The summed E-state index contributed by atoms with van der Waals surface area (Å²) in [6.07, 6.45) is 1.32. The lowest BCUT2D eigenvalue weighted by Gasteiger charge is -2.04. The number of anilines is 1. The van der Waals surface area contributed by atoms with Crippen molar-refractivity contribution in [1.29, 1.82) is 0 Å². The summed E-state index contributed by atoms with van der Waals surface area (Å²) in [5.74, 6) is -0.736. The van der Waals surface area contributed by atoms with Gasteiger partial charge in [-0.05, 0) is 30.3 Å². The quantitative estimate of drug-likeness (QED) is 0.828. The Kier molecular flexibility index (Phi) is 3.00. The first-order valence-corrected chi connectivity index (χ1v) is 4.91. The second-order valence-corrected chi connectivity index (χ2v) is 3.40. The summed E-state index contributed by atoms with van der Waals surface area (Å²) in [5.41, 5.74) is 0.542. The van der Waals surface area contributed by atoms with E-state index in [0.29, 0.717) is 11.3 Å². The first-order chi connectivity index (χ1) is 8.15. The van der Waals surface area contributed by atoms with E-state index in [1.165, 1.54) is 42.6 Å². The molecule has 0 atom stereocenters. The van der Waals surface area contributed by atoms with Crippen LogP contribution in [0.15, 0.2) is 47.4 Å². The molecule has 2 rings (SSSR count). The largest absolute Gasteiger partial charge is 0.328 e. The van der Waals surface area contributed by atoms with Gasteiger partial charge in [0, 0.05) is 18.0 Å². The summed E-state index contributed by atoms with van der Waals surface area (Å²) in [6, 6.07) is 8.10. The van der Waals surface area contributed by atoms with Gasteiger partial charge >= 0.3 is 0 Å². The minimum absolute atomic E-state index is 0.275. The lowest BCUT2D eigenvalue weighted by molar-refractivity contribution is 0.102. The highest BCUT2D eigenvalue weighted by atomic mass is 19.1.